The maximum atomic E-state index is 12.6. The van der Waals surface area contributed by atoms with Gasteiger partial charge in [0.1, 0.15) is 0 Å². The number of hydrogen-bond acceptors (Lipinski definition) is 7. The van der Waals surface area contributed by atoms with Gasteiger partial charge in [-0.3, -0.25) is 10.1 Å². The first-order chi connectivity index (χ1) is 12.4. The van der Waals surface area contributed by atoms with Crippen LogP contribution in [0, 0.1) is 15.5 Å². The highest BCUT2D eigenvalue weighted by molar-refractivity contribution is 5.75. The van der Waals surface area contributed by atoms with Crippen LogP contribution in [0.25, 0.3) is 0 Å². The Labute approximate surface area is 153 Å². The molecule has 150 valence electrons. The second kappa shape index (κ2) is 7.59. The summed E-state index contributed by atoms with van der Waals surface area (Å²) in [4.78, 5) is 29.0. The number of ether oxygens (including phenoxy) is 1. The van der Waals surface area contributed by atoms with Crippen molar-refractivity contribution in [2.24, 2.45) is 5.41 Å². The third-order valence-corrected chi connectivity index (χ3v) is 3.78. The fraction of sp³-hybridized carbons (Fsp3) is 0.562. The lowest BCUT2D eigenvalue weighted by atomic mass is 9.98. The zero-order chi connectivity index (χ0) is 20.4. The average Bonchev–Trinajstić information content (AvgIpc) is 2.53. The van der Waals surface area contributed by atoms with Crippen molar-refractivity contribution >= 4 is 17.3 Å². The number of alkyl halides is 3. The number of benzene rings is 1. The summed E-state index contributed by atoms with van der Waals surface area (Å²) in [5, 5.41) is 12.4. The van der Waals surface area contributed by atoms with Gasteiger partial charge >= 0.3 is 12.3 Å². The molecule has 8 nitrogen and oxygen atoms in total. The SMILES string of the molecule is CC(C)(C)C(=O)ON1CCN(c2cc([N+](=O)[O-])ccc2OC(F)(F)F)CC1. The van der Waals surface area contributed by atoms with E-state index in [1.807, 2.05) is 0 Å². The van der Waals surface area contributed by atoms with Crippen LogP contribution >= 0.6 is 0 Å². The number of non-ortho nitro benzene ring substituents is 1. The molecule has 11 heteroatoms. The van der Waals surface area contributed by atoms with Gasteiger partial charge in [-0.1, -0.05) is 0 Å². The van der Waals surface area contributed by atoms with Gasteiger partial charge in [0.2, 0.25) is 0 Å². The number of rotatable bonds is 4. The molecule has 0 radical (unpaired) electrons. The van der Waals surface area contributed by atoms with Crippen LogP contribution in [0.4, 0.5) is 24.5 Å². The minimum Gasteiger partial charge on any atom is -0.404 e. The molecule has 2 rings (SSSR count). The van der Waals surface area contributed by atoms with Gasteiger partial charge in [-0.25, -0.2) is 4.79 Å². The minimum absolute atomic E-state index is 0.0386. The summed E-state index contributed by atoms with van der Waals surface area (Å²) in [7, 11) is 0. The quantitative estimate of drug-likeness (QED) is 0.576. The highest BCUT2D eigenvalue weighted by atomic mass is 19.4. The Bertz CT molecular complexity index is 710. The van der Waals surface area contributed by atoms with Gasteiger partial charge in [0, 0.05) is 25.2 Å². The largest absolute Gasteiger partial charge is 0.573 e. The highest BCUT2D eigenvalue weighted by Crippen LogP contribution is 2.36. The van der Waals surface area contributed by atoms with Gasteiger partial charge in [0.05, 0.1) is 29.1 Å². The summed E-state index contributed by atoms with van der Waals surface area (Å²) in [6, 6.07) is 2.91. The van der Waals surface area contributed by atoms with Crippen molar-refractivity contribution in [3.63, 3.8) is 0 Å². The topological polar surface area (TPSA) is 85.2 Å². The number of piperazine rings is 1. The molecule has 0 bridgehead atoms. The number of hydroxylamine groups is 2. The number of anilines is 1. The summed E-state index contributed by atoms with van der Waals surface area (Å²) >= 11 is 0. The van der Waals surface area contributed by atoms with E-state index >= 15 is 0 Å². The monoisotopic (exact) mass is 391 g/mol. The minimum atomic E-state index is -4.92. The maximum Gasteiger partial charge on any atom is 0.573 e. The smallest absolute Gasteiger partial charge is 0.404 e. The van der Waals surface area contributed by atoms with Gasteiger partial charge < -0.3 is 14.5 Å². The van der Waals surface area contributed by atoms with Gasteiger partial charge in [-0.15, -0.1) is 18.2 Å². The third-order valence-electron chi connectivity index (χ3n) is 3.78. The molecule has 0 amide bonds. The molecule has 1 aromatic rings. The predicted molar refractivity (Wildman–Crippen MR) is 89.1 cm³/mol. The predicted octanol–water partition coefficient (Wildman–Crippen LogP) is 3.12. The van der Waals surface area contributed by atoms with Crippen LogP contribution in [0.1, 0.15) is 20.8 Å². The molecule has 1 saturated heterocycles. The van der Waals surface area contributed by atoms with Crippen LogP contribution in [-0.2, 0) is 9.63 Å². The Balaban J connectivity index is 2.15. The molecule has 1 aliphatic heterocycles. The van der Waals surface area contributed by atoms with Crippen molar-refractivity contribution in [3.8, 4) is 5.75 Å². The van der Waals surface area contributed by atoms with Crippen LogP contribution in [0.15, 0.2) is 18.2 Å². The molecule has 1 aliphatic rings. The lowest BCUT2D eigenvalue weighted by Gasteiger charge is -2.36. The molecule has 0 aromatic heterocycles. The summed E-state index contributed by atoms with van der Waals surface area (Å²) in [5.41, 5.74) is -1.07. The first kappa shape index (κ1) is 20.7. The molecule has 27 heavy (non-hydrogen) atoms. The average molecular weight is 391 g/mol. The Kier molecular flexibility index (Phi) is 5.83. The first-order valence-electron chi connectivity index (χ1n) is 8.13. The third kappa shape index (κ3) is 5.71. The number of nitrogens with zero attached hydrogens (tertiary/aromatic N) is 3. The molecule has 0 saturated carbocycles. The van der Waals surface area contributed by atoms with Crippen molar-refractivity contribution in [3.05, 3.63) is 28.3 Å². The molecule has 1 heterocycles. The van der Waals surface area contributed by atoms with E-state index in [-0.39, 0.29) is 37.6 Å². The number of nitro benzene ring substituents is 1. The second-order valence-electron chi connectivity index (χ2n) is 7.00. The van der Waals surface area contributed by atoms with E-state index in [2.05, 4.69) is 4.74 Å². The highest BCUT2D eigenvalue weighted by Gasteiger charge is 2.34. The van der Waals surface area contributed by atoms with Gasteiger partial charge in [0.15, 0.2) is 5.75 Å². The number of halogens is 3. The summed E-state index contributed by atoms with van der Waals surface area (Å²) < 4.78 is 41.9. The zero-order valence-corrected chi connectivity index (χ0v) is 15.1. The van der Waals surface area contributed by atoms with E-state index in [0.717, 1.165) is 18.2 Å². The van der Waals surface area contributed by atoms with Crippen LogP contribution in [-0.4, -0.2) is 48.5 Å². The molecule has 0 N–H and O–H groups in total. The Morgan fingerprint density at radius 1 is 1.15 bits per heavy atom. The van der Waals surface area contributed by atoms with E-state index < -0.39 is 28.4 Å². The molecular weight excluding hydrogens is 371 g/mol. The number of nitro groups is 1. The standard InChI is InChI=1S/C16H20F3N3O5/c1-15(2,3)14(23)27-21-8-6-20(7-9-21)12-10-11(22(24)25)4-5-13(12)26-16(17,18)19/h4-5,10H,6-9H2,1-3H3. The van der Waals surface area contributed by atoms with E-state index in [4.69, 9.17) is 4.84 Å². The fourth-order valence-corrected chi connectivity index (χ4v) is 2.35. The molecule has 0 unspecified atom stereocenters. The number of hydrogen-bond donors (Lipinski definition) is 0. The first-order valence-corrected chi connectivity index (χ1v) is 8.13. The van der Waals surface area contributed by atoms with E-state index in [0.29, 0.717) is 0 Å². The van der Waals surface area contributed by atoms with Crippen LogP contribution in [0.3, 0.4) is 0 Å². The number of carbonyl (C=O) groups excluding carboxylic acids is 1. The molecule has 0 atom stereocenters. The Morgan fingerprint density at radius 2 is 1.74 bits per heavy atom. The van der Waals surface area contributed by atoms with E-state index in [1.54, 1.807) is 20.8 Å². The van der Waals surface area contributed by atoms with Gasteiger partial charge in [-0.2, -0.15) is 0 Å². The van der Waals surface area contributed by atoms with Crippen LogP contribution in [0.2, 0.25) is 0 Å². The fourth-order valence-electron chi connectivity index (χ4n) is 2.35. The molecule has 0 aliphatic carbocycles. The normalized spacial score (nSPS) is 16.1. The van der Waals surface area contributed by atoms with Crippen molar-refractivity contribution in [2.45, 2.75) is 27.1 Å². The molecule has 1 fully saturated rings. The number of carbonyl (C=O) groups is 1. The second-order valence-corrected chi connectivity index (χ2v) is 7.00. The van der Waals surface area contributed by atoms with Gasteiger partial charge in [-0.05, 0) is 26.8 Å². The maximum absolute atomic E-state index is 12.6. The van der Waals surface area contributed by atoms with Crippen molar-refractivity contribution in [2.75, 3.05) is 31.1 Å². The molecular formula is C16H20F3N3O5. The van der Waals surface area contributed by atoms with E-state index in [1.165, 1.54) is 9.96 Å². The zero-order valence-electron chi connectivity index (χ0n) is 15.1. The van der Waals surface area contributed by atoms with Crippen LogP contribution in [0.5, 0.6) is 5.75 Å². The van der Waals surface area contributed by atoms with Crippen molar-refractivity contribution < 1.29 is 32.5 Å². The van der Waals surface area contributed by atoms with Gasteiger partial charge in [0.25, 0.3) is 5.69 Å². The van der Waals surface area contributed by atoms with Crippen LogP contribution < -0.4 is 9.64 Å². The van der Waals surface area contributed by atoms with Crippen molar-refractivity contribution in [1.82, 2.24) is 5.06 Å². The molecule has 0 spiro atoms. The summed E-state index contributed by atoms with van der Waals surface area (Å²) in [5.74, 6) is -0.944. The van der Waals surface area contributed by atoms with E-state index in [9.17, 15) is 28.1 Å². The summed E-state index contributed by atoms with van der Waals surface area (Å²) in [6.45, 7) is 5.98. The Hall–Kier alpha value is -2.56. The summed E-state index contributed by atoms with van der Waals surface area (Å²) in [6.07, 6.45) is -4.92. The molecule has 1 aromatic carbocycles. The Morgan fingerprint density at radius 3 is 2.22 bits per heavy atom. The van der Waals surface area contributed by atoms with Crippen molar-refractivity contribution in [1.29, 1.82) is 0 Å². The lowest BCUT2D eigenvalue weighted by Crippen LogP contribution is -2.48. The lowest BCUT2D eigenvalue weighted by molar-refractivity contribution is -0.384.